The largest absolute Gasteiger partial charge is 0.394 e. The number of amides is 2. The smallest absolute Gasteiger partial charge is 0.315 e. The number of aliphatic hydroxyl groups excluding tert-OH is 4. The third-order valence-electron chi connectivity index (χ3n) is 2.42. The van der Waals surface area contributed by atoms with Gasteiger partial charge in [0, 0.05) is 7.05 Å². The minimum absolute atomic E-state index is 0.540. The van der Waals surface area contributed by atoms with Gasteiger partial charge in [-0.1, -0.05) is 0 Å². The molecule has 0 aromatic rings. The van der Waals surface area contributed by atoms with Crippen molar-refractivity contribution < 1.29 is 30.0 Å². The van der Waals surface area contributed by atoms with E-state index in [0.717, 1.165) is 0 Å². The average molecular weight is 236 g/mol. The van der Waals surface area contributed by atoms with E-state index in [2.05, 4.69) is 10.6 Å². The molecule has 0 spiro atoms. The quantitative estimate of drug-likeness (QED) is 0.298. The molecule has 1 fully saturated rings. The predicted molar refractivity (Wildman–Crippen MR) is 51.4 cm³/mol. The van der Waals surface area contributed by atoms with Crippen molar-refractivity contribution in [3.8, 4) is 0 Å². The fraction of sp³-hybridized carbons (Fsp3) is 0.875. The number of hydrogen-bond acceptors (Lipinski definition) is 6. The molecule has 0 radical (unpaired) electrons. The first-order valence-corrected chi connectivity index (χ1v) is 4.80. The van der Waals surface area contributed by atoms with Gasteiger partial charge >= 0.3 is 6.03 Å². The molecule has 1 saturated heterocycles. The van der Waals surface area contributed by atoms with Gasteiger partial charge in [-0.15, -0.1) is 0 Å². The molecule has 0 bridgehead atoms. The molecule has 1 heterocycles. The summed E-state index contributed by atoms with van der Waals surface area (Å²) < 4.78 is 4.83. The summed E-state index contributed by atoms with van der Waals surface area (Å²) in [6, 6.07) is -1.78. The first-order valence-electron chi connectivity index (χ1n) is 4.80. The van der Waals surface area contributed by atoms with Gasteiger partial charge in [-0.05, 0) is 0 Å². The number of urea groups is 1. The van der Waals surface area contributed by atoms with E-state index < -0.39 is 43.3 Å². The van der Waals surface area contributed by atoms with Gasteiger partial charge in [-0.3, -0.25) is 0 Å². The van der Waals surface area contributed by atoms with E-state index >= 15 is 0 Å². The summed E-state index contributed by atoms with van der Waals surface area (Å²) in [6.07, 6.45) is -5.37. The van der Waals surface area contributed by atoms with Crippen molar-refractivity contribution in [2.75, 3.05) is 13.7 Å². The normalized spacial score (nSPS) is 39.2. The molecular formula is C8H16N2O6. The predicted octanol–water partition coefficient (Wildman–Crippen LogP) is -3.28. The molecule has 6 N–H and O–H groups in total. The van der Waals surface area contributed by atoms with Gasteiger partial charge in [0.2, 0.25) is 0 Å². The zero-order chi connectivity index (χ0) is 12.3. The van der Waals surface area contributed by atoms with Crippen LogP contribution in [0.4, 0.5) is 4.79 Å². The van der Waals surface area contributed by atoms with Crippen LogP contribution in [0.3, 0.4) is 0 Å². The summed E-state index contributed by atoms with van der Waals surface area (Å²) >= 11 is 0. The van der Waals surface area contributed by atoms with Crippen molar-refractivity contribution in [2.45, 2.75) is 30.6 Å². The monoisotopic (exact) mass is 236 g/mol. The van der Waals surface area contributed by atoms with Crippen LogP contribution in [0.5, 0.6) is 0 Å². The standard InChI is InChI=1S/C8H16N2O6/c1-9-8(15)10-4-6(13)5(12)3(2-11)16-7(4)14/h3-7,11-14H,2H2,1H3,(H2,9,10,15)/t3-,4+,5+,6+,7-/m0/s1. The topological polar surface area (TPSA) is 131 Å². The van der Waals surface area contributed by atoms with E-state index in [1.54, 1.807) is 0 Å². The van der Waals surface area contributed by atoms with E-state index in [4.69, 9.17) is 9.84 Å². The van der Waals surface area contributed by atoms with Crippen LogP contribution in [0.1, 0.15) is 0 Å². The molecule has 1 rings (SSSR count). The fourth-order valence-corrected chi connectivity index (χ4v) is 1.48. The Balaban J connectivity index is 2.67. The third kappa shape index (κ3) is 2.60. The highest BCUT2D eigenvalue weighted by Crippen LogP contribution is 2.19. The molecule has 8 heteroatoms. The molecule has 1 aliphatic rings. The van der Waals surface area contributed by atoms with Crippen LogP contribution in [-0.4, -0.2) is 70.8 Å². The number of carbonyl (C=O) groups excluding carboxylic acids is 1. The van der Waals surface area contributed by atoms with Crippen molar-refractivity contribution >= 4 is 6.03 Å². The molecule has 16 heavy (non-hydrogen) atoms. The zero-order valence-electron chi connectivity index (χ0n) is 8.70. The van der Waals surface area contributed by atoms with Gasteiger partial charge in [0.05, 0.1) is 6.61 Å². The summed E-state index contributed by atoms with van der Waals surface area (Å²) in [5.41, 5.74) is 0. The van der Waals surface area contributed by atoms with Crippen LogP contribution in [0.25, 0.3) is 0 Å². The van der Waals surface area contributed by atoms with Crippen molar-refractivity contribution in [1.82, 2.24) is 10.6 Å². The van der Waals surface area contributed by atoms with Crippen LogP contribution in [0, 0.1) is 0 Å². The summed E-state index contributed by atoms with van der Waals surface area (Å²) in [7, 11) is 1.37. The second kappa shape index (κ2) is 5.41. The van der Waals surface area contributed by atoms with E-state index in [-0.39, 0.29) is 0 Å². The van der Waals surface area contributed by atoms with Crippen molar-refractivity contribution in [1.29, 1.82) is 0 Å². The molecule has 0 aromatic carbocycles. The second-order valence-electron chi connectivity index (χ2n) is 3.48. The molecular weight excluding hydrogens is 220 g/mol. The number of ether oxygens (including phenoxy) is 1. The van der Waals surface area contributed by atoms with Crippen molar-refractivity contribution in [2.24, 2.45) is 0 Å². The highest BCUT2D eigenvalue weighted by Gasteiger charge is 2.44. The van der Waals surface area contributed by atoms with E-state index in [1.165, 1.54) is 7.05 Å². The Morgan fingerprint density at radius 1 is 1.31 bits per heavy atom. The Bertz CT molecular complexity index is 251. The van der Waals surface area contributed by atoms with Crippen LogP contribution in [0.2, 0.25) is 0 Å². The first-order chi connectivity index (χ1) is 7.51. The van der Waals surface area contributed by atoms with E-state index in [9.17, 15) is 20.1 Å². The van der Waals surface area contributed by atoms with Crippen LogP contribution < -0.4 is 10.6 Å². The summed E-state index contributed by atoms with van der Waals surface area (Å²) in [5, 5.41) is 41.8. The Morgan fingerprint density at radius 3 is 2.44 bits per heavy atom. The lowest BCUT2D eigenvalue weighted by atomic mass is 9.97. The van der Waals surface area contributed by atoms with Gasteiger partial charge in [0.15, 0.2) is 6.29 Å². The van der Waals surface area contributed by atoms with Crippen LogP contribution >= 0.6 is 0 Å². The van der Waals surface area contributed by atoms with Crippen molar-refractivity contribution in [3.05, 3.63) is 0 Å². The minimum atomic E-state index is -1.49. The Morgan fingerprint density at radius 2 is 1.94 bits per heavy atom. The van der Waals surface area contributed by atoms with Gasteiger partial charge in [0.25, 0.3) is 0 Å². The Hall–Kier alpha value is -0.930. The molecule has 94 valence electrons. The lowest BCUT2D eigenvalue weighted by Crippen LogP contribution is -2.64. The van der Waals surface area contributed by atoms with Crippen LogP contribution in [0.15, 0.2) is 0 Å². The Labute approximate surface area is 91.8 Å². The highest BCUT2D eigenvalue weighted by molar-refractivity contribution is 5.73. The Kier molecular flexibility index (Phi) is 4.44. The minimum Gasteiger partial charge on any atom is -0.394 e. The third-order valence-corrected chi connectivity index (χ3v) is 2.42. The maximum Gasteiger partial charge on any atom is 0.315 e. The molecule has 0 aliphatic carbocycles. The molecule has 0 aromatic heterocycles. The number of hydrogen-bond donors (Lipinski definition) is 6. The molecule has 8 nitrogen and oxygen atoms in total. The van der Waals surface area contributed by atoms with E-state index in [1.807, 2.05) is 0 Å². The van der Waals surface area contributed by atoms with Gasteiger partial charge in [0.1, 0.15) is 24.4 Å². The number of rotatable bonds is 2. The maximum absolute atomic E-state index is 11.0. The van der Waals surface area contributed by atoms with Crippen LogP contribution in [-0.2, 0) is 4.74 Å². The zero-order valence-corrected chi connectivity index (χ0v) is 8.70. The molecule has 0 saturated carbocycles. The highest BCUT2D eigenvalue weighted by atomic mass is 16.6. The maximum atomic E-state index is 11.0. The summed E-state index contributed by atoms with van der Waals surface area (Å²) in [5.74, 6) is 0. The van der Waals surface area contributed by atoms with E-state index in [0.29, 0.717) is 0 Å². The number of carbonyl (C=O) groups is 1. The van der Waals surface area contributed by atoms with Gasteiger partial charge in [-0.25, -0.2) is 4.79 Å². The second-order valence-corrected chi connectivity index (χ2v) is 3.48. The molecule has 0 unspecified atom stereocenters. The molecule has 2 amide bonds. The lowest BCUT2D eigenvalue weighted by Gasteiger charge is -2.40. The van der Waals surface area contributed by atoms with Gasteiger partial charge < -0.3 is 35.8 Å². The first kappa shape index (κ1) is 13.1. The fourth-order valence-electron chi connectivity index (χ4n) is 1.48. The lowest BCUT2D eigenvalue weighted by molar-refractivity contribution is -0.252. The molecule has 1 aliphatic heterocycles. The average Bonchev–Trinajstić information content (AvgIpc) is 2.28. The number of aliphatic hydroxyl groups is 4. The summed E-state index contributed by atoms with van der Waals surface area (Å²) in [6.45, 7) is -0.540. The van der Waals surface area contributed by atoms with Crippen molar-refractivity contribution in [3.63, 3.8) is 0 Å². The number of nitrogens with one attached hydrogen (secondary N) is 2. The SMILES string of the molecule is CNC(=O)N[C@@H]1[C@@H](O)[C@H](O)[C@H](CO)O[C@@H]1O. The molecule has 5 atom stereocenters. The van der Waals surface area contributed by atoms with Gasteiger partial charge in [-0.2, -0.15) is 0 Å². The summed E-state index contributed by atoms with van der Waals surface area (Å²) in [4.78, 5) is 11.0.